The van der Waals surface area contributed by atoms with Crippen molar-refractivity contribution in [2.45, 2.75) is 13.3 Å². The Labute approximate surface area is 88.6 Å². The summed E-state index contributed by atoms with van der Waals surface area (Å²) in [6.45, 7) is 2.95. The van der Waals surface area contributed by atoms with Gasteiger partial charge in [-0.2, -0.15) is 0 Å². The Kier molecular flexibility index (Phi) is 2.49. The molecule has 1 amide bonds. The predicted octanol–water partition coefficient (Wildman–Crippen LogP) is 1.79. The van der Waals surface area contributed by atoms with Crippen LogP contribution < -0.4 is 10.6 Å². The van der Waals surface area contributed by atoms with Gasteiger partial charge in [0, 0.05) is 18.7 Å². The third-order valence-electron chi connectivity index (χ3n) is 2.53. The second kappa shape index (κ2) is 3.81. The van der Waals surface area contributed by atoms with Crippen molar-refractivity contribution in [2.24, 2.45) is 0 Å². The molecule has 0 unspecified atom stereocenters. The Balaban J connectivity index is 2.49. The van der Waals surface area contributed by atoms with E-state index in [2.05, 4.69) is 0 Å². The van der Waals surface area contributed by atoms with Gasteiger partial charge in [-0.05, 0) is 24.6 Å². The van der Waals surface area contributed by atoms with E-state index in [1.54, 1.807) is 4.90 Å². The molecule has 15 heavy (non-hydrogen) atoms. The van der Waals surface area contributed by atoms with Crippen molar-refractivity contribution >= 4 is 17.5 Å². The number of fused-ring (bicyclic) bond motifs is 1. The van der Waals surface area contributed by atoms with E-state index in [1.807, 2.05) is 25.1 Å². The molecule has 0 atom stereocenters. The van der Waals surface area contributed by atoms with Crippen molar-refractivity contribution in [2.75, 3.05) is 23.8 Å². The van der Waals surface area contributed by atoms with Gasteiger partial charge in [-0.1, -0.05) is 6.07 Å². The Morgan fingerprint density at radius 2 is 2.33 bits per heavy atom. The Morgan fingerprint density at radius 3 is 3.07 bits per heavy atom. The van der Waals surface area contributed by atoms with Gasteiger partial charge in [0.05, 0.1) is 12.3 Å². The van der Waals surface area contributed by atoms with Gasteiger partial charge in [0.1, 0.15) is 0 Å². The maximum atomic E-state index is 11.6. The maximum Gasteiger partial charge on any atom is 0.414 e. The van der Waals surface area contributed by atoms with E-state index in [0.717, 1.165) is 17.7 Å². The molecule has 1 aromatic carbocycles. The van der Waals surface area contributed by atoms with Gasteiger partial charge in [-0.15, -0.1) is 0 Å². The molecular weight excluding hydrogens is 192 g/mol. The molecule has 0 saturated carbocycles. The Morgan fingerprint density at radius 1 is 1.53 bits per heavy atom. The van der Waals surface area contributed by atoms with Gasteiger partial charge in [0.2, 0.25) is 0 Å². The number of benzene rings is 1. The first-order chi connectivity index (χ1) is 7.22. The summed E-state index contributed by atoms with van der Waals surface area (Å²) in [6.07, 6.45) is 0.458. The van der Waals surface area contributed by atoms with Gasteiger partial charge < -0.3 is 10.5 Å². The molecule has 2 rings (SSSR count). The number of carbonyl (C=O) groups excluding carboxylic acids is 1. The van der Waals surface area contributed by atoms with Crippen molar-refractivity contribution in [1.82, 2.24) is 0 Å². The number of ether oxygens (including phenoxy) is 1. The predicted molar refractivity (Wildman–Crippen MR) is 58.9 cm³/mol. The molecule has 1 aliphatic rings. The van der Waals surface area contributed by atoms with E-state index in [4.69, 9.17) is 10.5 Å². The van der Waals surface area contributed by atoms with Crippen LogP contribution in [0.25, 0.3) is 0 Å². The molecule has 0 radical (unpaired) electrons. The number of carbonyl (C=O) groups is 1. The highest BCUT2D eigenvalue weighted by molar-refractivity contribution is 5.90. The first-order valence-corrected chi connectivity index (χ1v) is 5.05. The van der Waals surface area contributed by atoms with Gasteiger partial charge in [0.15, 0.2) is 0 Å². The highest BCUT2D eigenvalue weighted by Crippen LogP contribution is 2.26. The smallest absolute Gasteiger partial charge is 0.414 e. The highest BCUT2D eigenvalue weighted by atomic mass is 16.6. The minimum Gasteiger partial charge on any atom is -0.449 e. The van der Waals surface area contributed by atoms with Crippen molar-refractivity contribution in [3.63, 3.8) is 0 Å². The fourth-order valence-corrected chi connectivity index (χ4v) is 1.77. The number of hydrogen-bond donors (Lipinski definition) is 1. The molecule has 0 aliphatic carbocycles. The minimum atomic E-state index is -0.290. The SMILES string of the molecule is CCN1C(=O)OCCc2ccc(N)cc21. The van der Waals surface area contributed by atoms with Crippen LogP contribution in [0, 0.1) is 0 Å². The highest BCUT2D eigenvalue weighted by Gasteiger charge is 2.21. The summed E-state index contributed by atoms with van der Waals surface area (Å²) in [5.41, 5.74) is 8.37. The number of hydrogen-bond acceptors (Lipinski definition) is 3. The normalized spacial score (nSPS) is 15.5. The Hall–Kier alpha value is -1.71. The third kappa shape index (κ3) is 1.75. The topological polar surface area (TPSA) is 55.6 Å². The lowest BCUT2D eigenvalue weighted by Gasteiger charge is -2.19. The van der Waals surface area contributed by atoms with E-state index < -0.39 is 0 Å². The number of anilines is 2. The van der Waals surface area contributed by atoms with Crippen LogP contribution in [0.5, 0.6) is 0 Å². The average molecular weight is 206 g/mol. The first-order valence-electron chi connectivity index (χ1n) is 5.05. The van der Waals surface area contributed by atoms with Crippen LogP contribution >= 0.6 is 0 Å². The zero-order chi connectivity index (χ0) is 10.8. The van der Waals surface area contributed by atoms with Crippen LogP contribution in [0.1, 0.15) is 12.5 Å². The summed E-state index contributed by atoms with van der Waals surface area (Å²) in [5, 5.41) is 0. The van der Waals surface area contributed by atoms with E-state index >= 15 is 0 Å². The van der Waals surface area contributed by atoms with Gasteiger partial charge in [-0.25, -0.2) is 4.79 Å². The van der Waals surface area contributed by atoms with Crippen LogP contribution in [0.15, 0.2) is 18.2 Å². The molecule has 1 heterocycles. The summed E-state index contributed by atoms with van der Waals surface area (Å²) in [6, 6.07) is 5.63. The number of rotatable bonds is 1. The van der Waals surface area contributed by atoms with Gasteiger partial charge >= 0.3 is 6.09 Å². The van der Waals surface area contributed by atoms with Crippen molar-refractivity contribution in [3.8, 4) is 0 Å². The summed E-state index contributed by atoms with van der Waals surface area (Å²) >= 11 is 0. The quantitative estimate of drug-likeness (QED) is 0.713. The monoisotopic (exact) mass is 206 g/mol. The van der Waals surface area contributed by atoms with E-state index in [0.29, 0.717) is 18.8 Å². The zero-order valence-electron chi connectivity index (χ0n) is 8.69. The van der Waals surface area contributed by atoms with E-state index in [-0.39, 0.29) is 6.09 Å². The molecule has 0 fully saturated rings. The number of nitrogens with two attached hydrogens (primary N) is 1. The Bertz CT molecular complexity index is 390. The summed E-state index contributed by atoms with van der Waals surface area (Å²) < 4.78 is 5.07. The molecule has 0 spiro atoms. The second-order valence-corrected chi connectivity index (χ2v) is 3.50. The van der Waals surface area contributed by atoms with Crippen molar-refractivity contribution < 1.29 is 9.53 Å². The number of cyclic esters (lactones) is 1. The molecular formula is C11H14N2O2. The standard InChI is InChI=1S/C11H14N2O2/c1-2-13-10-7-9(12)4-3-8(10)5-6-15-11(13)14/h3-4,7H,2,5-6,12H2,1H3. The number of nitrogen functional groups attached to an aromatic ring is 1. The van der Waals surface area contributed by atoms with Crippen LogP contribution in [-0.4, -0.2) is 19.2 Å². The van der Waals surface area contributed by atoms with Crippen LogP contribution in [0.4, 0.5) is 16.2 Å². The van der Waals surface area contributed by atoms with Crippen molar-refractivity contribution in [3.05, 3.63) is 23.8 Å². The molecule has 0 bridgehead atoms. The molecule has 0 aromatic heterocycles. The number of amides is 1. The molecule has 4 heteroatoms. The van der Waals surface area contributed by atoms with Crippen LogP contribution in [0.2, 0.25) is 0 Å². The maximum absolute atomic E-state index is 11.6. The molecule has 80 valence electrons. The second-order valence-electron chi connectivity index (χ2n) is 3.50. The lowest BCUT2D eigenvalue weighted by Crippen LogP contribution is -2.30. The largest absolute Gasteiger partial charge is 0.449 e. The summed E-state index contributed by atoms with van der Waals surface area (Å²) in [7, 11) is 0. The number of nitrogens with zero attached hydrogens (tertiary/aromatic N) is 1. The third-order valence-corrected chi connectivity index (χ3v) is 2.53. The summed E-state index contributed by atoms with van der Waals surface area (Å²) in [4.78, 5) is 13.2. The first kappa shape index (κ1) is 9.83. The van der Waals surface area contributed by atoms with E-state index in [9.17, 15) is 4.79 Å². The van der Waals surface area contributed by atoms with E-state index in [1.165, 1.54) is 0 Å². The molecule has 1 aliphatic heterocycles. The van der Waals surface area contributed by atoms with Crippen LogP contribution in [-0.2, 0) is 11.2 Å². The van der Waals surface area contributed by atoms with Crippen LogP contribution in [0.3, 0.4) is 0 Å². The minimum absolute atomic E-state index is 0.290. The lowest BCUT2D eigenvalue weighted by atomic mass is 10.1. The molecule has 2 N–H and O–H groups in total. The molecule has 1 aromatic rings. The fourth-order valence-electron chi connectivity index (χ4n) is 1.77. The molecule has 4 nitrogen and oxygen atoms in total. The zero-order valence-corrected chi connectivity index (χ0v) is 8.69. The average Bonchev–Trinajstić information content (AvgIpc) is 2.36. The van der Waals surface area contributed by atoms with Gasteiger partial charge in [-0.3, -0.25) is 4.90 Å². The summed E-state index contributed by atoms with van der Waals surface area (Å²) in [5.74, 6) is 0. The lowest BCUT2D eigenvalue weighted by molar-refractivity contribution is 0.157. The van der Waals surface area contributed by atoms with Crippen molar-refractivity contribution in [1.29, 1.82) is 0 Å². The van der Waals surface area contributed by atoms with Gasteiger partial charge in [0.25, 0.3) is 0 Å². The molecule has 0 saturated heterocycles. The fraction of sp³-hybridized carbons (Fsp3) is 0.364.